The Hall–Kier alpha value is -1.26. The highest BCUT2D eigenvalue weighted by atomic mass is 35.5. The van der Waals surface area contributed by atoms with Crippen LogP contribution in [-0.4, -0.2) is 43.6 Å². The first-order chi connectivity index (χ1) is 9.27. The van der Waals surface area contributed by atoms with Crippen molar-refractivity contribution in [1.82, 2.24) is 10.2 Å². The number of halogens is 1. The van der Waals surface area contributed by atoms with E-state index in [1.807, 2.05) is 42.2 Å². The molecule has 5 heteroatoms. The monoisotopic (exact) mass is 298 g/mol. The first kappa shape index (κ1) is 16.8. The molecule has 1 saturated heterocycles. The minimum Gasteiger partial charge on any atom is -0.494 e. The molecule has 1 heterocycles. The van der Waals surface area contributed by atoms with E-state index in [1.54, 1.807) is 0 Å². The summed E-state index contributed by atoms with van der Waals surface area (Å²) in [6.07, 6.45) is 0.762. The van der Waals surface area contributed by atoms with Gasteiger partial charge in [0.1, 0.15) is 5.75 Å². The van der Waals surface area contributed by atoms with Crippen molar-refractivity contribution in [1.29, 1.82) is 0 Å². The van der Waals surface area contributed by atoms with Crippen LogP contribution in [-0.2, 0) is 4.79 Å². The summed E-state index contributed by atoms with van der Waals surface area (Å²) in [4.78, 5) is 14.1. The fraction of sp³-hybridized carbons (Fsp3) is 0.533. The molecule has 1 unspecified atom stereocenters. The number of hydrogen-bond acceptors (Lipinski definition) is 3. The number of carbonyl (C=O) groups is 1. The van der Waals surface area contributed by atoms with E-state index in [4.69, 9.17) is 4.74 Å². The van der Waals surface area contributed by atoms with Crippen LogP contribution in [0.2, 0.25) is 0 Å². The summed E-state index contributed by atoms with van der Waals surface area (Å²) in [6.45, 7) is 6.02. The molecule has 1 N–H and O–H groups in total. The smallest absolute Gasteiger partial charge is 0.225 e. The number of para-hydroxylation sites is 1. The lowest BCUT2D eigenvalue weighted by atomic mass is 10.1. The lowest BCUT2D eigenvalue weighted by Gasteiger charge is -2.29. The summed E-state index contributed by atoms with van der Waals surface area (Å²) in [5.41, 5.74) is 0. The van der Waals surface area contributed by atoms with Crippen LogP contribution in [0.15, 0.2) is 30.3 Å². The van der Waals surface area contributed by atoms with Crippen molar-refractivity contribution in [3.63, 3.8) is 0 Å². The number of ether oxygens (including phenoxy) is 1. The second-order valence-corrected chi connectivity index (χ2v) is 4.93. The third-order valence-corrected chi connectivity index (χ3v) is 3.41. The van der Waals surface area contributed by atoms with Crippen LogP contribution in [0.3, 0.4) is 0 Å². The average molecular weight is 299 g/mol. The quantitative estimate of drug-likeness (QED) is 0.903. The van der Waals surface area contributed by atoms with Gasteiger partial charge in [-0.25, -0.2) is 0 Å². The van der Waals surface area contributed by atoms with E-state index in [0.717, 1.165) is 38.3 Å². The van der Waals surface area contributed by atoms with Crippen molar-refractivity contribution >= 4 is 18.3 Å². The minimum atomic E-state index is 0. The van der Waals surface area contributed by atoms with Crippen LogP contribution in [0, 0.1) is 5.92 Å². The topological polar surface area (TPSA) is 41.6 Å². The zero-order valence-electron chi connectivity index (χ0n) is 11.9. The second-order valence-electron chi connectivity index (χ2n) is 4.93. The van der Waals surface area contributed by atoms with Crippen molar-refractivity contribution in [3.8, 4) is 5.75 Å². The maximum atomic E-state index is 12.2. The minimum absolute atomic E-state index is 0. The number of hydrogen-bond donors (Lipinski definition) is 1. The SMILES string of the molecule is CC(CCOc1ccccc1)C(=O)N1CCNCC1.Cl. The Labute approximate surface area is 126 Å². The molecule has 0 saturated carbocycles. The van der Waals surface area contributed by atoms with Gasteiger partial charge in [0.2, 0.25) is 5.91 Å². The molecule has 4 nitrogen and oxygen atoms in total. The normalized spacial score (nSPS) is 16.1. The van der Waals surface area contributed by atoms with Gasteiger partial charge in [-0.3, -0.25) is 4.79 Å². The maximum Gasteiger partial charge on any atom is 0.225 e. The molecule has 0 spiro atoms. The molecule has 1 aromatic carbocycles. The van der Waals surface area contributed by atoms with Gasteiger partial charge in [0.05, 0.1) is 6.61 Å². The van der Waals surface area contributed by atoms with Crippen LogP contribution >= 0.6 is 12.4 Å². The molecular formula is C15H23ClN2O2. The molecule has 1 fully saturated rings. The van der Waals surface area contributed by atoms with Gasteiger partial charge in [-0.15, -0.1) is 12.4 Å². The van der Waals surface area contributed by atoms with Crippen molar-refractivity contribution in [2.75, 3.05) is 32.8 Å². The number of carbonyl (C=O) groups excluding carboxylic acids is 1. The van der Waals surface area contributed by atoms with Gasteiger partial charge in [-0.1, -0.05) is 25.1 Å². The molecule has 1 aliphatic heterocycles. The van der Waals surface area contributed by atoms with Gasteiger partial charge in [-0.2, -0.15) is 0 Å². The Bertz CT molecular complexity index is 394. The molecule has 1 atom stereocenters. The van der Waals surface area contributed by atoms with E-state index in [0.29, 0.717) is 6.61 Å². The predicted molar refractivity (Wildman–Crippen MR) is 82.4 cm³/mol. The summed E-state index contributed by atoms with van der Waals surface area (Å²) in [6, 6.07) is 9.73. The van der Waals surface area contributed by atoms with Crippen LogP contribution in [0.1, 0.15) is 13.3 Å². The van der Waals surface area contributed by atoms with Crippen LogP contribution in [0.25, 0.3) is 0 Å². The highest BCUT2D eigenvalue weighted by Crippen LogP contribution is 2.12. The second kappa shape index (κ2) is 8.82. The standard InChI is InChI=1S/C15H22N2O2.ClH/c1-13(15(18)17-10-8-16-9-11-17)7-12-19-14-5-3-2-4-6-14;/h2-6,13,16H,7-12H2,1H3;1H. The fourth-order valence-electron chi connectivity index (χ4n) is 2.19. The Morgan fingerprint density at radius 2 is 1.95 bits per heavy atom. The summed E-state index contributed by atoms with van der Waals surface area (Å²) < 4.78 is 5.63. The molecule has 2 rings (SSSR count). The Kier molecular flexibility index (Phi) is 7.41. The molecule has 112 valence electrons. The lowest BCUT2D eigenvalue weighted by Crippen LogP contribution is -2.48. The Balaban J connectivity index is 0.00000200. The largest absolute Gasteiger partial charge is 0.494 e. The molecule has 0 aromatic heterocycles. The average Bonchev–Trinajstić information content (AvgIpc) is 2.48. The summed E-state index contributed by atoms with van der Waals surface area (Å²) in [5.74, 6) is 1.14. The van der Waals surface area contributed by atoms with E-state index < -0.39 is 0 Å². The molecule has 1 aliphatic rings. The van der Waals surface area contributed by atoms with Gasteiger partial charge < -0.3 is 15.0 Å². The number of nitrogens with zero attached hydrogens (tertiary/aromatic N) is 1. The van der Waals surface area contributed by atoms with Gasteiger partial charge in [0.25, 0.3) is 0 Å². The van der Waals surface area contributed by atoms with Crippen molar-refractivity contribution in [3.05, 3.63) is 30.3 Å². The molecule has 20 heavy (non-hydrogen) atoms. The summed E-state index contributed by atoms with van der Waals surface area (Å²) in [7, 11) is 0. The number of rotatable bonds is 5. The van der Waals surface area contributed by atoms with Crippen LogP contribution < -0.4 is 10.1 Å². The zero-order valence-corrected chi connectivity index (χ0v) is 12.7. The zero-order chi connectivity index (χ0) is 13.5. The van der Waals surface area contributed by atoms with Gasteiger partial charge >= 0.3 is 0 Å². The molecule has 0 aliphatic carbocycles. The number of piperazine rings is 1. The first-order valence-electron chi connectivity index (χ1n) is 6.95. The summed E-state index contributed by atoms with van der Waals surface area (Å²) >= 11 is 0. The van der Waals surface area contributed by atoms with Crippen molar-refractivity contribution in [2.45, 2.75) is 13.3 Å². The highest BCUT2D eigenvalue weighted by Gasteiger charge is 2.21. The summed E-state index contributed by atoms with van der Waals surface area (Å²) in [5, 5.41) is 3.25. The van der Waals surface area contributed by atoms with E-state index in [2.05, 4.69) is 5.32 Å². The first-order valence-corrected chi connectivity index (χ1v) is 6.95. The molecule has 0 bridgehead atoms. The lowest BCUT2D eigenvalue weighted by molar-refractivity contribution is -0.135. The van der Waals surface area contributed by atoms with E-state index in [9.17, 15) is 4.79 Å². The van der Waals surface area contributed by atoms with E-state index in [1.165, 1.54) is 0 Å². The highest BCUT2D eigenvalue weighted by molar-refractivity contribution is 5.85. The fourth-order valence-corrected chi connectivity index (χ4v) is 2.19. The Morgan fingerprint density at radius 3 is 2.60 bits per heavy atom. The molecule has 1 amide bonds. The van der Waals surface area contributed by atoms with Crippen molar-refractivity contribution < 1.29 is 9.53 Å². The van der Waals surface area contributed by atoms with Gasteiger partial charge in [-0.05, 0) is 18.6 Å². The number of amides is 1. The molecule has 1 aromatic rings. The van der Waals surface area contributed by atoms with E-state index >= 15 is 0 Å². The maximum absolute atomic E-state index is 12.2. The number of nitrogens with one attached hydrogen (secondary N) is 1. The van der Waals surface area contributed by atoms with Crippen LogP contribution in [0.4, 0.5) is 0 Å². The van der Waals surface area contributed by atoms with Crippen LogP contribution in [0.5, 0.6) is 5.75 Å². The van der Waals surface area contributed by atoms with E-state index in [-0.39, 0.29) is 24.2 Å². The van der Waals surface area contributed by atoms with Gasteiger partial charge in [0, 0.05) is 32.1 Å². The van der Waals surface area contributed by atoms with Crippen molar-refractivity contribution in [2.24, 2.45) is 5.92 Å². The molecular weight excluding hydrogens is 276 g/mol. The molecule has 0 radical (unpaired) electrons. The third kappa shape index (κ3) is 5.02. The van der Waals surface area contributed by atoms with Gasteiger partial charge in [0.15, 0.2) is 0 Å². The number of benzene rings is 1. The third-order valence-electron chi connectivity index (χ3n) is 3.41. The Morgan fingerprint density at radius 1 is 1.30 bits per heavy atom. The predicted octanol–water partition coefficient (Wildman–Crippen LogP) is 1.95.